The fourth-order valence-electron chi connectivity index (χ4n) is 2.64. The number of nitrogens with zero attached hydrogens (tertiary/aromatic N) is 3. The van der Waals surface area contributed by atoms with Gasteiger partial charge in [0.05, 0.1) is 12.4 Å². The fraction of sp³-hybridized carbons (Fsp3) is 0.294. The number of nitrogens with one attached hydrogen (secondary N) is 1. The largest absolute Gasteiger partial charge is 0.476 e. The van der Waals surface area contributed by atoms with Crippen molar-refractivity contribution >= 4 is 17.7 Å². The van der Waals surface area contributed by atoms with Crippen molar-refractivity contribution in [3.63, 3.8) is 0 Å². The molecule has 1 aromatic heterocycles. The lowest BCUT2D eigenvalue weighted by Crippen LogP contribution is -2.33. The Morgan fingerprint density at radius 1 is 1.29 bits per heavy atom. The molecule has 1 atom stereocenters. The van der Waals surface area contributed by atoms with Crippen molar-refractivity contribution in [1.82, 2.24) is 14.9 Å². The molecule has 3 rings (SSSR count). The number of aryl methyl sites for hydroxylation is 1. The van der Waals surface area contributed by atoms with Crippen LogP contribution in [-0.2, 0) is 11.3 Å². The molecule has 0 bridgehead atoms. The van der Waals surface area contributed by atoms with Crippen molar-refractivity contribution in [1.29, 1.82) is 0 Å². The Morgan fingerprint density at radius 2 is 2.04 bits per heavy atom. The molecule has 1 saturated heterocycles. The summed E-state index contributed by atoms with van der Waals surface area (Å²) in [4.78, 5) is 32.8. The molecule has 124 valence electrons. The summed E-state index contributed by atoms with van der Waals surface area (Å²) in [5, 5.41) is 11.8. The summed E-state index contributed by atoms with van der Waals surface area (Å²) in [6, 6.07) is 7.76. The number of hydrogen-bond donors (Lipinski definition) is 2. The van der Waals surface area contributed by atoms with E-state index in [1.54, 1.807) is 4.90 Å². The van der Waals surface area contributed by atoms with Gasteiger partial charge >= 0.3 is 5.97 Å². The van der Waals surface area contributed by atoms with E-state index in [0.717, 1.165) is 5.56 Å². The van der Waals surface area contributed by atoms with Crippen LogP contribution >= 0.6 is 0 Å². The number of carboxylic acid groups (broad SMARTS) is 1. The second-order valence-corrected chi connectivity index (χ2v) is 5.82. The van der Waals surface area contributed by atoms with E-state index in [2.05, 4.69) is 15.3 Å². The number of aromatic nitrogens is 2. The van der Waals surface area contributed by atoms with Crippen molar-refractivity contribution in [2.45, 2.75) is 25.9 Å². The molecule has 0 spiro atoms. The highest BCUT2D eigenvalue weighted by Crippen LogP contribution is 2.18. The van der Waals surface area contributed by atoms with Crippen LogP contribution in [0.25, 0.3) is 0 Å². The van der Waals surface area contributed by atoms with Crippen LogP contribution in [0.3, 0.4) is 0 Å². The van der Waals surface area contributed by atoms with Crippen LogP contribution in [0.5, 0.6) is 0 Å². The molecular weight excluding hydrogens is 308 g/mol. The zero-order valence-corrected chi connectivity index (χ0v) is 13.3. The zero-order valence-electron chi connectivity index (χ0n) is 13.3. The highest BCUT2D eigenvalue weighted by atomic mass is 16.4. The molecule has 2 aromatic rings. The maximum Gasteiger partial charge on any atom is 0.356 e. The summed E-state index contributed by atoms with van der Waals surface area (Å²) in [7, 11) is 0. The Labute approximate surface area is 139 Å². The van der Waals surface area contributed by atoms with Gasteiger partial charge < -0.3 is 15.3 Å². The van der Waals surface area contributed by atoms with E-state index in [1.807, 2.05) is 31.2 Å². The lowest BCUT2D eigenvalue weighted by Gasteiger charge is -2.17. The van der Waals surface area contributed by atoms with E-state index in [0.29, 0.717) is 25.3 Å². The molecule has 7 heteroatoms. The normalized spacial score (nSPS) is 17.1. The van der Waals surface area contributed by atoms with Crippen LogP contribution in [0.2, 0.25) is 0 Å². The van der Waals surface area contributed by atoms with Crippen molar-refractivity contribution in [3.05, 3.63) is 53.5 Å². The molecular formula is C17H18N4O3. The first-order valence-electron chi connectivity index (χ1n) is 7.69. The van der Waals surface area contributed by atoms with Crippen molar-refractivity contribution in [2.75, 3.05) is 11.9 Å². The van der Waals surface area contributed by atoms with Gasteiger partial charge in [-0.05, 0) is 18.9 Å². The van der Waals surface area contributed by atoms with Gasteiger partial charge in [0.25, 0.3) is 0 Å². The van der Waals surface area contributed by atoms with E-state index in [9.17, 15) is 9.59 Å². The number of likely N-dealkylation sites (tertiary alicyclic amines) is 1. The van der Waals surface area contributed by atoms with E-state index < -0.39 is 5.97 Å². The molecule has 24 heavy (non-hydrogen) atoms. The van der Waals surface area contributed by atoms with Crippen molar-refractivity contribution in [3.8, 4) is 0 Å². The molecule has 1 unspecified atom stereocenters. The van der Waals surface area contributed by atoms with Gasteiger partial charge in [-0.3, -0.25) is 4.79 Å². The molecule has 1 aromatic carbocycles. The average Bonchev–Trinajstić information content (AvgIpc) is 2.91. The second kappa shape index (κ2) is 6.66. The number of amides is 1. The summed E-state index contributed by atoms with van der Waals surface area (Å²) < 4.78 is 0. The molecule has 2 heterocycles. The van der Waals surface area contributed by atoms with E-state index >= 15 is 0 Å². The maximum absolute atomic E-state index is 12.5. The van der Waals surface area contributed by atoms with E-state index in [4.69, 9.17) is 5.11 Å². The number of carbonyl (C=O) groups excluding carboxylic acids is 1. The molecule has 1 fully saturated rings. The molecule has 1 aliphatic rings. The van der Waals surface area contributed by atoms with Crippen LogP contribution in [0.1, 0.15) is 28.0 Å². The number of aromatic carboxylic acids is 1. The smallest absolute Gasteiger partial charge is 0.356 e. The minimum Gasteiger partial charge on any atom is -0.476 e. The highest BCUT2D eigenvalue weighted by Gasteiger charge is 2.31. The van der Waals surface area contributed by atoms with Crippen LogP contribution in [0.15, 0.2) is 36.7 Å². The minimum atomic E-state index is -1.13. The Morgan fingerprint density at radius 3 is 2.67 bits per heavy atom. The molecule has 1 aliphatic heterocycles. The number of carboxylic acids is 1. The Kier molecular flexibility index (Phi) is 4.41. The summed E-state index contributed by atoms with van der Waals surface area (Å²) >= 11 is 0. The van der Waals surface area contributed by atoms with Gasteiger partial charge in [0.1, 0.15) is 11.9 Å². The first-order chi connectivity index (χ1) is 11.5. The first-order valence-corrected chi connectivity index (χ1v) is 7.69. The molecule has 1 amide bonds. The molecule has 7 nitrogen and oxygen atoms in total. The average molecular weight is 326 g/mol. The van der Waals surface area contributed by atoms with Gasteiger partial charge in [-0.1, -0.05) is 29.8 Å². The van der Waals surface area contributed by atoms with Gasteiger partial charge in [-0.25, -0.2) is 14.8 Å². The van der Waals surface area contributed by atoms with E-state index in [-0.39, 0.29) is 17.6 Å². The molecule has 0 aliphatic carbocycles. The minimum absolute atomic E-state index is 0.0136. The summed E-state index contributed by atoms with van der Waals surface area (Å²) in [5.41, 5.74) is 2.16. The van der Waals surface area contributed by atoms with Crippen LogP contribution in [0, 0.1) is 6.92 Å². The molecule has 0 radical (unpaired) electrons. The first kappa shape index (κ1) is 15.9. The Hall–Kier alpha value is -2.96. The zero-order chi connectivity index (χ0) is 17.1. The SMILES string of the molecule is Cc1ccc(CN2CCC(Nc3cnc(C(=O)O)cn3)C2=O)cc1. The lowest BCUT2D eigenvalue weighted by atomic mass is 10.1. The number of hydrogen-bond acceptors (Lipinski definition) is 5. The highest BCUT2D eigenvalue weighted by molar-refractivity contribution is 5.87. The van der Waals surface area contributed by atoms with E-state index in [1.165, 1.54) is 18.0 Å². The maximum atomic E-state index is 12.5. The fourth-order valence-corrected chi connectivity index (χ4v) is 2.64. The standard InChI is InChI=1S/C17H18N4O3/c1-11-2-4-12(5-3-11)10-21-7-6-13(16(21)22)20-15-9-18-14(8-19-15)17(23)24/h2-5,8-9,13H,6-7,10H2,1H3,(H,19,20)(H,23,24). The van der Waals surface area contributed by atoms with Crippen molar-refractivity contribution < 1.29 is 14.7 Å². The Balaban J connectivity index is 1.61. The third-order valence-electron chi connectivity index (χ3n) is 3.98. The number of benzene rings is 1. The lowest BCUT2D eigenvalue weighted by molar-refractivity contribution is -0.128. The quantitative estimate of drug-likeness (QED) is 0.868. The molecule has 2 N–H and O–H groups in total. The van der Waals surface area contributed by atoms with Gasteiger partial charge in [0.15, 0.2) is 5.69 Å². The van der Waals surface area contributed by atoms with Gasteiger partial charge in [-0.15, -0.1) is 0 Å². The number of anilines is 1. The third-order valence-corrected chi connectivity index (χ3v) is 3.98. The number of rotatable bonds is 5. The summed E-state index contributed by atoms with van der Waals surface area (Å²) in [6.45, 7) is 3.29. The van der Waals surface area contributed by atoms with Crippen LogP contribution in [0.4, 0.5) is 5.82 Å². The monoisotopic (exact) mass is 326 g/mol. The van der Waals surface area contributed by atoms with Crippen molar-refractivity contribution in [2.24, 2.45) is 0 Å². The van der Waals surface area contributed by atoms with Gasteiger partial charge in [0, 0.05) is 13.1 Å². The topological polar surface area (TPSA) is 95.4 Å². The van der Waals surface area contributed by atoms with Crippen LogP contribution < -0.4 is 5.32 Å². The van der Waals surface area contributed by atoms with Crippen LogP contribution in [-0.4, -0.2) is 44.4 Å². The summed E-state index contributed by atoms with van der Waals surface area (Å²) in [5.74, 6) is -0.717. The van der Waals surface area contributed by atoms with Gasteiger partial charge in [-0.2, -0.15) is 0 Å². The summed E-state index contributed by atoms with van der Waals surface area (Å²) in [6.07, 6.45) is 3.18. The Bertz CT molecular complexity index is 743. The third kappa shape index (κ3) is 3.51. The van der Waals surface area contributed by atoms with Gasteiger partial charge in [0.2, 0.25) is 5.91 Å². The number of carbonyl (C=O) groups is 2. The second-order valence-electron chi connectivity index (χ2n) is 5.82. The molecule has 0 saturated carbocycles. The predicted octanol–water partition coefficient (Wildman–Crippen LogP) is 1.70. The predicted molar refractivity (Wildman–Crippen MR) is 87.6 cm³/mol.